The molecule has 6 nitrogen and oxygen atoms in total. The van der Waals surface area contributed by atoms with E-state index in [1.165, 1.54) is 34.1 Å². The van der Waals surface area contributed by atoms with Crippen LogP contribution in [-0.2, 0) is 9.59 Å². The van der Waals surface area contributed by atoms with E-state index in [0.717, 1.165) is 15.5 Å². The average Bonchev–Trinajstić information content (AvgIpc) is 3.16. The first-order valence-corrected chi connectivity index (χ1v) is 10.0. The van der Waals surface area contributed by atoms with Gasteiger partial charge in [0.05, 0.1) is 33.3 Å². The Balaban J connectivity index is 1.68. The Bertz CT molecular complexity index is 938. The van der Waals surface area contributed by atoms with Gasteiger partial charge in [-0.1, -0.05) is 29.2 Å². The first kappa shape index (κ1) is 19.3. The van der Waals surface area contributed by atoms with E-state index in [1.807, 2.05) is 6.92 Å². The van der Waals surface area contributed by atoms with Crippen LogP contribution in [-0.4, -0.2) is 29.1 Å². The maximum absolute atomic E-state index is 14.2. The molecule has 1 unspecified atom stereocenters. The third kappa shape index (κ3) is 4.28. The molecule has 1 aromatic heterocycles. The zero-order valence-electron chi connectivity index (χ0n) is 14.8. The molecule has 0 aliphatic carbocycles. The van der Waals surface area contributed by atoms with Crippen LogP contribution in [0.5, 0.6) is 0 Å². The first-order valence-electron chi connectivity index (χ1n) is 8.23. The quantitative estimate of drug-likeness (QED) is 0.771. The van der Waals surface area contributed by atoms with Crippen molar-refractivity contribution in [2.24, 2.45) is 5.92 Å². The maximum Gasteiger partial charge on any atom is 0.231 e. The van der Waals surface area contributed by atoms with Crippen LogP contribution in [0.2, 0.25) is 0 Å². The molecule has 1 saturated heterocycles. The Morgan fingerprint density at radius 3 is 3.00 bits per heavy atom. The number of aryl methyl sites for hydroxylation is 2. The second kappa shape index (κ2) is 8.06. The van der Waals surface area contributed by atoms with Gasteiger partial charge in [0.25, 0.3) is 0 Å². The Hall–Kier alpha value is -2.44. The third-order valence-electron chi connectivity index (χ3n) is 4.14. The molecule has 1 N–H and O–H groups in total. The summed E-state index contributed by atoms with van der Waals surface area (Å²) < 4.78 is 15.0. The van der Waals surface area contributed by atoms with Crippen LogP contribution in [0.3, 0.4) is 0 Å². The largest absolute Gasteiger partial charge is 0.309 e. The molecule has 1 atom stereocenters. The highest BCUT2D eigenvalue weighted by Crippen LogP contribution is 2.33. The first-order chi connectivity index (χ1) is 12.9. The number of rotatable bonds is 5. The number of benzene rings is 1. The minimum absolute atomic E-state index is 0.0273. The van der Waals surface area contributed by atoms with Gasteiger partial charge in [-0.15, -0.1) is 0 Å². The molecule has 1 fully saturated rings. The number of nitrogens with zero attached hydrogens (tertiary/aromatic N) is 3. The van der Waals surface area contributed by atoms with Gasteiger partial charge in [0.2, 0.25) is 11.8 Å². The number of nitriles is 1. The minimum atomic E-state index is -0.572. The van der Waals surface area contributed by atoms with Crippen molar-refractivity contribution in [3.05, 3.63) is 35.3 Å². The van der Waals surface area contributed by atoms with Gasteiger partial charge in [0, 0.05) is 13.0 Å². The highest BCUT2D eigenvalue weighted by Gasteiger charge is 2.36. The van der Waals surface area contributed by atoms with Crippen LogP contribution in [0.4, 0.5) is 15.2 Å². The second-order valence-corrected chi connectivity index (χ2v) is 8.43. The monoisotopic (exact) mass is 404 g/mol. The lowest BCUT2D eigenvalue weighted by atomic mass is 10.1. The van der Waals surface area contributed by atoms with Gasteiger partial charge in [-0.3, -0.25) is 9.59 Å². The smallest absolute Gasteiger partial charge is 0.231 e. The molecule has 2 heterocycles. The van der Waals surface area contributed by atoms with Crippen molar-refractivity contribution in [2.45, 2.75) is 24.5 Å². The number of thioether (sulfide) groups is 1. The molecule has 27 heavy (non-hydrogen) atoms. The highest BCUT2D eigenvalue weighted by molar-refractivity contribution is 8.01. The summed E-state index contributed by atoms with van der Waals surface area (Å²) in [6, 6.07) is 6.72. The van der Waals surface area contributed by atoms with Crippen molar-refractivity contribution < 1.29 is 14.0 Å². The molecule has 9 heteroatoms. The summed E-state index contributed by atoms with van der Waals surface area (Å²) in [6.45, 7) is 3.71. The average molecular weight is 404 g/mol. The number of anilines is 2. The topological polar surface area (TPSA) is 86.1 Å². The van der Waals surface area contributed by atoms with Crippen molar-refractivity contribution in [1.29, 1.82) is 5.26 Å². The maximum atomic E-state index is 14.2. The van der Waals surface area contributed by atoms with Gasteiger partial charge in [0.15, 0.2) is 5.13 Å². The second-order valence-electron chi connectivity index (χ2n) is 6.19. The fraction of sp³-hybridized carbons (Fsp3) is 0.333. The van der Waals surface area contributed by atoms with Gasteiger partial charge in [-0.2, -0.15) is 5.26 Å². The minimum Gasteiger partial charge on any atom is -0.309 e. The molecule has 2 amide bonds. The van der Waals surface area contributed by atoms with Crippen molar-refractivity contribution >= 4 is 45.7 Å². The Morgan fingerprint density at radius 1 is 1.52 bits per heavy atom. The fourth-order valence-corrected chi connectivity index (χ4v) is 4.62. The third-order valence-corrected chi connectivity index (χ3v) is 6.44. The summed E-state index contributed by atoms with van der Waals surface area (Å²) in [7, 11) is 0. The van der Waals surface area contributed by atoms with E-state index < -0.39 is 11.7 Å². The Labute approximate surface area is 164 Å². The molecule has 3 rings (SSSR count). The molecule has 140 valence electrons. The number of amides is 2. The van der Waals surface area contributed by atoms with E-state index in [9.17, 15) is 14.0 Å². The molecule has 0 spiro atoms. The summed E-state index contributed by atoms with van der Waals surface area (Å²) in [5.41, 5.74) is 1.71. The van der Waals surface area contributed by atoms with Crippen molar-refractivity contribution in [3.63, 3.8) is 0 Å². The molecule has 1 aromatic carbocycles. The van der Waals surface area contributed by atoms with Crippen LogP contribution < -0.4 is 10.2 Å². The predicted molar refractivity (Wildman–Crippen MR) is 103 cm³/mol. The normalized spacial score (nSPS) is 16.4. The lowest BCUT2D eigenvalue weighted by Gasteiger charge is -2.17. The van der Waals surface area contributed by atoms with Crippen molar-refractivity contribution in [2.75, 3.05) is 22.5 Å². The number of carbonyl (C=O) groups is 2. The summed E-state index contributed by atoms with van der Waals surface area (Å²) in [4.78, 5) is 30.4. The number of carbonyl (C=O) groups excluding carboxylic acids is 2. The van der Waals surface area contributed by atoms with Crippen LogP contribution >= 0.6 is 23.1 Å². The molecule has 1 aliphatic heterocycles. The van der Waals surface area contributed by atoms with Crippen LogP contribution in [0.15, 0.2) is 22.4 Å². The van der Waals surface area contributed by atoms with Gasteiger partial charge in [-0.05, 0) is 31.5 Å². The van der Waals surface area contributed by atoms with Gasteiger partial charge in [-0.25, -0.2) is 9.37 Å². The molecule has 0 saturated carbocycles. The van der Waals surface area contributed by atoms with E-state index in [0.29, 0.717) is 10.9 Å². The molecule has 2 aromatic rings. The molecule has 0 radical (unpaired) electrons. The summed E-state index contributed by atoms with van der Waals surface area (Å²) in [6.07, 6.45) is 0.0273. The van der Waals surface area contributed by atoms with E-state index in [-0.39, 0.29) is 30.5 Å². The van der Waals surface area contributed by atoms with E-state index in [1.54, 1.807) is 19.1 Å². The molecular weight excluding hydrogens is 387 g/mol. The lowest BCUT2D eigenvalue weighted by molar-refractivity contribution is -0.122. The van der Waals surface area contributed by atoms with Crippen LogP contribution in [0.1, 0.15) is 17.7 Å². The number of thiazole rings is 1. The SMILES string of the molecule is Cc1ccc(N2CC(C(=O)Nc3nc(C)c(SCC#N)s3)CC2=O)c(F)c1. The van der Waals surface area contributed by atoms with Gasteiger partial charge >= 0.3 is 0 Å². The fourth-order valence-electron chi connectivity index (χ4n) is 2.82. The summed E-state index contributed by atoms with van der Waals surface area (Å²) >= 11 is 2.67. The van der Waals surface area contributed by atoms with E-state index >= 15 is 0 Å². The predicted octanol–water partition coefficient (Wildman–Crippen LogP) is 3.51. The molecule has 0 bridgehead atoms. The van der Waals surface area contributed by atoms with Gasteiger partial charge < -0.3 is 10.2 Å². The van der Waals surface area contributed by atoms with E-state index in [4.69, 9.17) is 5.26 Å². The summed E-state index contributed by atoms with van der Waals surface area (Å²) in [5, 5.41) is 11.8. The Kier molecular flexibility index (Phi) is 5.77. The molecular formula is C18H17FN4O2S2. The van der Waals surface area contributed by atoms with Gasteiger partial charge in [0.1, 0.15) is 5.82 Å². The highest BCUT2D eigenvalue weighted by atomic mass is 32.2. The number of hydrogen-bond acceptors (Lipinski definition) is 6. The van der Waals surface area contributed by atoms with E-state index in [2.05, 4.69) is 16.4 Å². The Morgan fingerprint density at radius 2 is 2.30 bits per heavy atom. The molecule has 1 aliphatic rings. The summed E-state index contributed by atoms with van der Waals surface area (Å²) in [5.74, 6) is -1.33. The number of hydrogen-bond donors (Lipinski definition) is 1. The van der Waals surface area contributed by atoms with Crippen LogP contribution in [0.25, 0.3) is 0 Å². The number of aromatic nitrogens is 1. The standard InChI is InChI=1S/C18H17FN4O2S2/c1-10-3-4-14(13(19)7-10)23-9-12(8-15(23)24)16(25)22-18-21-11(2)17(27-18)26-6-5-20/h3-4,7,12H,6,8-9H2,1-2H3,(H,21,22,25). The van der Waals surface area contributed by atoms with Crippen LogP contribution in [0, 0.1) is 36.9 Å². The van der Waals surface area contributed by atoms with Crippen molar-refractivity contribution in [1.82, 2.24) is 4.98 Å². The zero-order chi connectivity index (χ0) is 19.6. The lowest BCUT2D eigenvalue weighted by Crippen LogP contribution is -2.28. The number of nitrogens with one attached hydrogen (secondary N) is 1. The number of halogens is 1. The van der Waals surface area contributed by atoms with Crippen molar-refractivity contribution in [3.8, 4) is 6.07 Å². The zero-order valence-corrected chi connectivity index (χ0v) is 16.4.